The average Bonchev–Trinajstić information content (AvgIpc) is 2.77. The molecule has 1 aromatic carbocycles. The summed E-state index contributed by atoms with van der Waals surface area (Å²) < 4.78 is 11.9. The van der Waals surface area contributed by atoms with Crippen LogP contribution in [-0.2, 0) is 16.1 Å². The van der Waals surface area contributed by atoms with Crippen molar-refractivity contribution in [1.82, 2.24) is 0 Å². The van der Waals surface area contributed by atoms with E-state index in [1.54, 1.807) is 0 Å². The van der Waals surface area contributed by atoms with Crippen molar-refractivity contribution < 1.29 is 9.47 Å². The first-order valence-electron chi connectivity index (χ1n) is 5.45. The minimum atomic E-state index is 0.555. The van der Waals surface area contributed by atoms with Crippen molar-refractivity contribution in [2.75, 3.05) is 25.6 Å². The normalized spacial score (nSPS) is 20.2. The number of hydrogen-bond donors (Lipinski definition) is 1. The summed E-state index contributed by atoms with van der Waals surface area (Å²) in [5.74, 6) is 0.555. The van der Waals surface area contributed by atoms with E-state index in [1.165, 1.54) is 0 Å². The first-order valence-corrected chi connectivity index (χ1v) is 6.25. The van der Waals surface area contributed by atoms with Crippen LogP contribution in [0.1, 0.15) is 12.0 Å². The van der Waals surface area contributed by atoms with Gasteiger partial charge in [-0.25, -0.2) is 0 Å². The highest BCUT2D eigenvalue weighted by molar-refractivity contribution is 9.10. The van der Waals surface area contributed by atoms with E-state index >= 15 is 0 Å². The number of ether oxygens (including phenoxy) is 2. The molecule has 0 amide bonds. The van der Waals surface area contributed by atoms with Gasteiger partial charge in [0.1, 0.15) is 0 Å². The lowest BCUT2D eigenvalue weighted by Crippen LogP contribution is -2.09. The van der Waals surface area contributed by atoms with Crippen molar-refractivity contribution in [2.24, 2.45) is 5.92 Å². The quantitative estimate of drug-likeness (QED) is 0.865. The van der Waals surface area contributed by atoms with E-state index in [0.29, 0.717) is 12.5 Å². The molecule has 1 aliphatic rings. The summed E-state index contributed by atoms with van der Waals surface area (Å²) in [5, 5.41) is 0. The molecule has 1 saturated heterocycles. The first kappa shape index (κ1) is 11.9. The number of rotatable bonds is 4. The van der Waals surface area contributed by atoms with Crippen LogP contribution in [0.4, 0.5) is 5.69 Å². The Bertz CT molecular complexity index is 351. The van der Waals surface area contributed by atoms with Crippen LogP contribution < -0.4 is 5.73 Å². The van der Waals surface area contributed by atoms with Gasteiger partial charge in [-0.2, -0.15) is 0 Å². The summed E-state index contributed by atoms with van der Waals surface area (Å²) >= 11 is 3.46. The smallest absolute Gasteiger partial charge is 0.0728 e. The maximum atomic E-state index is 5.79. The highest BCUT2D eigenvalue weighted by Gasteiger charge is 2.15. The van der Waals surface area contributed by atoms with E-state index in [9.17, 15) is 0 Å². The standard InChI is InChI=1S/C12H16BrNO2/c13-12-10(2-1-3-11(12)14)8-16-7-9-4-5-15-6-9/h1-3,9H,4-8,14H2. The number of nitrogen functional groups attached to an aromatic ring is 1. The lowest BCUT2D eigenvalue weighted by Gasteiger charge is -2.10. The first-order chi connectivity index (χ1) is 7.77. The van der Waals surface area contributed by atoms with Gasteiger partial charge in [-0.15, -0.1) is 0 Å². The second-order valence-electron chi connectivity index (χ2n) is 4.07. The lowest BCUT2D eigenvalue weighted by molar-refractivity contribution is 0.0789. The molecule has 0 aromatic heterocycles. The van der Waals surface area contributed by atoms with Crippen LogP contribution in [0.3, 0.4) is 0 Å². The number of halogens is 1. The Morgan fingerprint density at radius 3 is 3.12 bits per heavy atom. The molecular formula is C12H16BrNO2. The van der Waals surface area contributed by atoms with E-state index in [0.717, 1.165) is 42.0 Å². The number of benzene rings is 1. The fraction of sp³-hybridized carbons (Fsp3) is 0.500. The van der Waals surface area contributed by atoms with Crippen LogP contribution in [0, 0.1) is 5.92 Å². The predicted molar refractivity (Wildman–Crippen MR) is 67.1 cm³/mol. The Morgan fingerprint density at radius 1 is 1.50 bits per heavy atom. The summed E-state index contributed by atoms with van der Waals surface area (Å²) in [4.78, 5) is 0. The predicted octanol–water partition coefficient (Wildman–Crippen LogP) is 2.58. The molecule has 0 aliphatic carbocycles. The van der Waals surface area contributed by atoms with Crippen molar-refractivity contribution >= 4 is 21.6 Å². The second-order valence-corrected chi connectivity index (χ2v) is 4.86. The summed E-state index contributed by atoms with van der Waals surface area (Å²) in [5.41, 5.74) is 7.64. The molecule has 0 radical (unpaired) electrons. The van der Waals surface area contributed by atoms with Gasteiger partial charge in [0.15, 0.2) is 0 Å². The van der Waals surface area contributed by atoms with Crippen molar-refractivity contribution in [3.63, 3.8) is 0 Å². The monoisotopic (exact) mass is 285 g/mol. The molecule has 4 heteroatoms. The molecule has 1 aromatic rings. The zero-order valence-corrected chi connectivity index (χ0v) is 10.7. The SMILES string of the molecule is Nc1cccc(COCC2CCOC2)c1Br. The maximum absolute atomic E-state index is 5.79. The van der Waals surface area contributed by atoms with Crippen LogP contribution in [0.5, 0.6) is 0 Å². The Labute approximate surface area is 104 Å². The summed E-state index contributed by atoms with van der Waals surface area (Å²) in [7, 11) is 0. The van der Waals surface area contributed by atoms with E-state index < -0.39 is 0 Å². The van der Waals surface area contributed by atoms with Crippen LogP contribution in [0.25, 0.3) is 0 Å². The topological polar surface area (TPSA) is 44.5 Å². The zero-order valence-electron chi connectivity index (χ0n) is 9.12. The van der Waals surface area contributed by atoms with E-state index in [-0.39, 0.29) is 0 Å². The second kappa shape index (κ2) is 5.66. The van der Waals surface area contributed by atoms with Gasteiger partial charge in [0.05, 0.1) is 19.8 Å². The molecule has 1 unspecified atom stereocenters. The van der Waals surface area contributed by atoms with Crippen LogP contribution in [0.2, 0.25) is 0 Å². The van der Waals surface area contributed by atoms with Crippen LogP contribution >= 0.6 is 15.9 Å². The molecule has 0 bridgehead atoms. The molecule has 1 heterocycles. The highest BCUT2D eigenvalue weighted by Crippen LogP contribution is 2.24. The Balaban J connectivity index is 1.82. The van der Waals surface area contributed by atoms with Gasteiger partial charge in [-0.3, -0.25) is 0 Å². The Morgan fingerprint density at radius 2 is 2.38 bits per heavy atom. The summed E-state index contributed by atoms with van der Waals surface area (Å²) in [6.07, 6.45) is 1.11. The molecule has 1 atom stereocenters. The van der Waals surface area contributed by atoms with Gasteiger partial charge in [0.25, 0.3) is 0 Å². The Kier molecular flexibility index (Phi) is 4.21. The molecular weight excluding hydrogens is 270 g/mol. The fourth-order valence-corrected chi connectivity index (χ4v) is 2.14. The van der Waals surface area contributed by atoms with Crippen molar-refractivity contribution in [2.45, 2.75) is 13.0 Å². The molecule has 3 nitrogen and oxygen atoms in total. The van der Waals surface area contributed by atoms with Gasteiger partial charge < -0.3 is 15.2 Å². The largest absolute Gasteiger partial charge is 0.398 e. The van der Waals surface area contributed by atoms with Crippen molar-refractivity contribution in [3.8, 4) is 0 Å². The number of nitrogens with two attached hydrogens (primary N) is 1. The molecule has 0 saturated carbocycles. The number of anilines is 1. The fourth-order valence-electron chi connectivity index (χ4n) is 1.76. The molecule has 1 fully saturated rings. The minimum absolute atomic E-state index is 0.555. The Hall–Kier alpha value is -0.580. The van der Waals surface area contributed by atoms with Crippen LogP contribution in [-0.4, -0.2) is 19.8 Å². The van der Waals surface area contributed by atoms with Gasteiger partial charge in [0, 0.05) is 22.7 Å². The third kappa shape index (κ3) is 2.97. The summed E-state index contributed by atoms with van der Waals surface area (Å²) in [6, 6.07) is 5.83. The maximum Gasteiger partial charge on any atom is 0.0728 e. The summed E-state index contributed by atoms with van der Waals surface area (Å²) in [6.45, 7) is 3.07. The van der Waals surface area contributed by atoms with Gasteiger partial charge in [0.2, 0.25) is 0 Å². The van der Waals surface area contributed by atoms with E-state index in [2.05, 4.69) is 15.9 Å². The van der Waals surface area contributed by atoms with Crippen molar-refractivity contribution in [3.05, 3.63) is 28.2 Å². The van der Waals surface area contributed by atoms with Gasteiger partial charge >= 0.3 is 0 Å². The third-order valence-corrected chi connectivity index (χ3v) is 3.71. The van der Waals surface area contributed by atoms with Gasteiger partial charge in [-0.05, 0) is 34.0 Å². The molecule has 1 aliphatic heterocycles. The molecule has 16 heavy (non-hydrogen) atoms. The molecule has 0 spiro atoms. The van der Waals surface area contributed by atoms with E-state index in [4.69, 9.17) is 15.2 Å². The van der Waals surface area contributed by atoms with Gasteiger partial charge in [-0.1, -0.05) is 12.1 Å². The lowest BCUT2D eigenvalue weighted by atomic mass is 10.1. The molecule has 2 N–H and O–H groups in total. The minimum Gasteiger partial charge on any atom is -0.398 e. The molecule has 88 valence electrons. The van der Waals surface area contributed by atoms with Crippen LogP contribution in [0.15, 0.2) is 22.7 Å². The average molecular weight is 286 g/mol. The molecule has 2 rings (SSSR count). The highest BCUT2D eigenvalue weighted by atomic mass is 79.9. The number of hydrogen-bond acceptors (Lipinski definition) is 3. The zero-order chi connectivity index (χ0) is 11.4. The van der Waals surface area contributed by atoms with Crippen molar-refractivity contribution in [1.29, 1.82) is 0 Å². The van der Waals surface area contributed by atoms with E-state index in [1.807, 2.05) is 18.2 Å². The third-order valence-electron chi connectivity index (χ3n) is 2.74.